The Hall–Kier alpha value is -7.55. The maximum absolute atomic E-state index is 13.6. The van der Waals surface area contributed by atoms with Gasteiger partial charge in [-0.05, 0) is 284 Å². The summed E-state index contributed by atoms with van der Waals surface area (Å²) in [5, 5.41) is 23.9. The predicted molar refractivity (Wildman–Crippen MR) is 396 cm³/mol. The van der Waals surface area contributed by atoms with Crippen LogP contribution in [0.15, 0.2) is 140 Å². The van der Waals surface area contributed by atoms with Crippen LogP contribution in [-0.4, -0.2) is 164 Å². The molecular formula is C81H103F2N13. The number of nitriles is 1. The SMILES string of the molecule is CC(C)N1CCC(NC2CCN(c3cccc(-c4cc5cc(C#N)ccc5[nH]4)c3)CC2)CC1.CC(C)N1CCC(NC2CCN(c3cccc(-c4cc5cc(F)ccc5[nH]4)c3)CC2)CC1.Cc1ccc(N2CCC(NC3CCN(C)CC3)CC2)cc1-c1cc2cc(F)ccc2[nH]1. The molecule has 0 bridgehead atoms. The van der Waals surface area contributed by atoms with Crippen molar-refractivity contribution in [1.29, 1.82) is 5.26 Å². The van der Waals surface area contributed by atoms with E-state index in [2.05, 4.69) is 187 Å². The lowest BCUT2D eigenvalue weighted by Crippen LogP contribution is -2.50. The van der Waals surface area contributed by atoms with Crippen molar-refractivity contribution in [2.24, 2.45) is 0 Å². The Labute approximate surface area is 569 Å². The lowest BCUT2D eigenvalue weighted by atomic mass is 9.98. The summed E-state index contributed by atoms with van der Waals surface area (Å²) in [6, 6.07) is 53.7. The molecule has 506 valence electrons. The maximum atomic E-state index is 13.6. The molecule has 9 aromatic rings. The number of rotatable bonds is 14. The Bertz CT molecular complexity index is 4040. The fourth-order valence-electron chi connectivity index (χ4n) is 16.0. The average molecular weight is 1300 g/mol. The molecule has 0 radical (unpaired) electrons. The number of likely N-dealkylation sites (tertiary alicyclic amines) is 3. The molecule has 9 heterocycles. The summed E-state index contributed by atoms with van der Waals surface area (Å²) in [6.07, 6.45) is 14.8. The van der Waals surface area contributed by atoms with Crippen LogP contribution in [0, 0.1) is 29.9 Å². The molecule has 0 atom stereocenters. The van der Waals surface area contributed by atoms with Crippen molar-refractivity contribution in [3.05, 3.63) is 162 Å². The van der Waals surface area contributed by atoms with Crippen molar-refractivity contribution in [3.63, 3.8) is 0 Å². The second-order valence-corrected chi connectivity index (χ2v) is 29.2. The molecular weight excluding hydrogens is 1190 g/mol. The van der Waals surface area contributed by atoms with Gasteiger partial charge in [0.25, 0.3) is 0 Å². The normalized spacial score (nSPS) is 19.2. The number of nitrogens with one attached hydrogen (secondary N) is 6. The highest BCUT2D eigenvalue weighted by Gasteiger charge is 2.29. The molecule has 13 nitrogen and oxygen atoms in total. The lowest BCUT2D eigenvalue weighted by molar-refractivity contribution is 0.154. The fraction of sp³-hybridized carbons (Fsp3) is 0.469. The van der Waals surface area contributed by atoms with Gasteiger partial charge in [0.05, 0.1) is 11.6 Å². The lowest BCUT2D eigenvalue weighted by Gasteiger charge is -2.39. The van der Waals surface area contributed by atoms with Crippen molar-refractivity contribution in [2.75, 3.05) is 100 Å². The molecule has 6 aliphatic heterocycles. The van der Waals surface area contributed by atoms with Crippen molar-refractivity contribution in [2.45, 2.75) is 160 Å². The molecule has 6 aliphatic rings. The zero-order valence-corrected chi connectivity index (χ0v) is 57.8. The van der Waals surface area contributed by atoms with E-state index >= 15 is 0 Å². The van der Waals surface area contributed by atoms with Crippen LogP contribution in [0.25, 0.3) is 66.5 Å². The van der Waals surface area contributed by atoms with Gasteiger partial charge in [-0.1, -0.05) is 30.3 Å². The molecule has 0 unspecified atom stereocenters. The summed E-state index contributed by atoms with van der Waals surface area (Å²) in [5.41, 5.74) is 15.5. The maximum Gasteiger partial charge on any atom is 0.123 e. The number of benzene rings is 6. The summed E-state index contributed by atoms with van der Waals surface area (Å²) < 4.78 is 27.2. The van der Waals surface area contributed by atoms with Crippen LogP contribution in [0.5, 0.6) is 0 Å². The number of aryl methyl sites for hydroxylation is 1. The van der Waals surface area contributed by atoms with Crippen molar-refractivity contribution in [3.8, 4) is 39.8 Å². The second kappa shape index (κ2) is 30.9. The van der Waals surface area contributed by atoms with Crippen molar-refractivity contribution < 1.29 is 8.78 Å². The molecule has 15 heteroatoms. The van der Waals surface area contributed by atoms with E-state index in [1.165, 1.54) is 162 Å². The van der Waals surface area contributed by atoms with Gasteiger partial charge in [0, 0.05) is 160 Å². The summed E-state index contributed by atoms with van der Waals surface area (Å²) in [4.78, 5) is 25.6. The summed E-state index contributed by atoms with van der Waals surface area (Å²) in [6.45, 7) is 25.2. The smallest absolute Gasteiger partial charge is 0.123 e. The number of aromatic amines is 3. The molecule has 15 rings (SSSR count). The first-order chi connectivity index (χ1) is 46.7. The first-order valence-corrected chi connectivity index (χ1v) is 36.3. The van der Waals surface area contributed by atoms with Gasteiger partial charge >= 0.3 is 0 Å². The van der Waals surface area contributed by atoms with Crippen LogP contribution in [0.2, 0.25) is 0 Å². The fourth-order valence-corrected chi connectivity index (χ4v) is 16.0. The molecule has 0 spiro atoms. The Kier molecular flexibility index (Phi) is 21.6. The number of hydrogen-bond donors (Lipinski definition) is 6. The van der Waals surface area contributed by atoms with E-state index in [0.29, 0.717) is 53.9 Å². The summed E-state index contributed by atoms with van der Waals surface area (Å²) >= 11 is 0. The van der Waals surface area contributed by atoms with Crippen molar-refractivity contribution in [1.82, 2.24) is 45.6 Å². The molecule has 6 N–H and O–H groups in total. The molecule has 96 heavy (non-hydrogen) atoms. The van der Waals surface area contributed by atoms with Gasteiger partial charge in [-0.3, -0.25) is 0 Å². The van der Waals surface area contributed by atoms with E-state index in [4.69, 9.17) is 0 Å². The van der Waals surface area contributed by atoms with Crippen LogP contribution in [-0.2, 0) is 0 Å². The Morgan fingerprint density at radius 2 is 0.771 bits per heavy atom. The minimum absolute atomic E-state index is 0.194. The molecule has 0 aliphatic carbocycles. The molecule has 6 aromatic carbocycles. The zero-order valence-electron chi connectivity index (χ0n) is 57.8. The number of nitrogens with zero attached hydrogens (tertiary/aromatic N) is 7. The summed E-state index contributed by atoms with van der Waals surface area (Å²) in [5.74, 6) is -0.390. The quantitative estimate of drug-likeness (QED) is 0.0627. The van der Waals surface area contributed by atoms with Gasteiger partial charge in [-0.25, -0.2) is 8.78 Å². The average Bonchev–Trinajstić information content (AvgIpc) is 1.63. The molecule has 0 amide bonds. The second-order valence-electron chi connectivity index (χ2n) is 29.2. The van der Waals surface area contributed by atoms with Gasteiger partial charge < -0.3 is 60.3 Å². The first-order valence-electron chi connectivity index (χ1n) is 36.3. The van der Waals surface area contributed by atoms with Crippen LogP contribution in [0.3, 0.4) is 0 Å². The first kappa shape index (κ1) is 67.0. The van der Waals surface area contributed by atoms with E-state index in [0.717, 1.165) is 94.6 Å². The number of halogens is 2. The van der Waals surface area contributed by atoms with Crippen LogP contribution in [0.4, 0.5) is 25.8 Å². The predicted octanol–water partition coefficient (Wildman–Crippen LogP) is 15.5. The topological polar surface area (TPSA) is 127 Å². The highest BCUT2D eigenvalue weighted by Crippen LogP contribution is 2.35. The van der Waals surface area contributed by atoms with Crippen LogP contribution in [0.1, 0.15) is 116 Å². The van der Waals surface area contributed by atoms with Gasteiger partial charge in [-0.2, -0.15) is 5.26 Å². The monoisotopic (exact) mass is 1300 g/mol. The van der Waals surface area contributed by atoms with E-state index in [9.17, 15) is 14.0 Å². The highest BCUT2D eigenvalue weighted by atomic mass is 19.1. The van der Waals surface area contributed by atoms with Crippen molar-refractivity contribution >= 4 is 49.8 Å². The number of piperidine rings is 6. The molecule has 0 saturated carbocycles. The zero-order chi connectivity index (χ0) is 66.2. The third-order valence-corrected chi connectivity index (χ3v) is 22.0. The molecule has 6 saturated heterocycles. The standard InChI is InChI=1S/C28H35N5.C27H35FN4.C26H33FN4/c1-20(2)32-12-8-24(9-13-32)30-25-10-14-33(15-11-25)26-5-3-4-22(17-26)28-18-23-16-21(19-29)6-7-27(23)31-28;1-19(2)31-12-8-23(9-13-31)29-24-10-14-32(15-11-24)25-5-3-4-20(17-25)27-18-21-16-22(28)6-7-26(21)30-27;1-18-3-5-23(17-24(18)26-16-19-15-20(27)4-6-25(19)29-26)31-13-9-22(10-14-31)28-21-7-11-30(2)12-8-21/h3-7,16-18,20,24-25,30-31H,8-15H2,1-2H3;3-7,16-19,23-24,29-30H,8-15H2,1-2H3;3-6,15-17,21-22,28-29H,7-14H2,1-2H3. The van der Waals surface area contributed by atoms with E-state index in [1.54, 1.807) is 12.1 Å². The molecule has 6 fully saturated rings. The van der Waals surface area contributed by atoms with E-state index < -0.39 is 0 Å². The van der Waals surface area contributed by atoms with E-state index in [-0.39, 0.29) is 11.6 Å². The number of H-pyrrole nitrogens is 3. The number of anilines is 3. The number of hydrogen-bond acceptors (Lipinski definition) is 10. The Balaban J connectivity index is 0.000000130. The third-order valence-electron chi connectivity index (χ3n) is 22.0. The number of aromatic nitrogens is 3. The minimum atomic E-state index is -0.196. The van der Waals surface area contributed by atoms with Gasteiger partial charge in [0.15, 0.2) is 0 Å². The molecule has 3 aromatic heterocycles. The Morgan fingerprint density at radius 1 is 0.406 bits per heavy atom. The van der Waals surface area contributed by atoms with Gasteiger partial charge in [0.1, 0.15) is 11.6 Å². The highest BCUT2D eigenvalue weighted by molar-refractivity contribution is 5.89. The largest absolute Gasteiger partial charge is 0.371 e. The summed E-state index contributed by atoms with van der Waals surface area (Å²) in [7, 11) is 2.22. The van der Waals surface area contributed by atoms with Crippen LogP contribution >= 0.6 is 0 Å². The van der Waals surface area contributed by atoms with E-state index in [1.807, 2.05) is 36.4 Å². The Morgan fingerprint density at radius 3 is 1.19 bits per heavy atom. The third kappa shape index (κ3) is 16.7. The minimum Gasteiger partial charge on any atom is -0.371 e. The number of fused-ring (bicyclic) bond motifs is 3. The van der Waals surface area contributed by atoms with Gasteiger partial charge in [0.2, 0.25) is 0 Å². The van der Waals surface area contributed by atoms with Gasteiger partial charge in [-0.15, -0.1) is 0 Å². The van der Waals surface area contributed by atoms with Crippen LogP contribution < -0.4 is 30.7 Å².